The summed E-state index contributed by atoms with van der Waals surface area (Å²) in [5.74, 6) is -1.97. The van der Waals surface area contributed by atoms with Gasteiger partial charge in [-0.15, -0.1) is 0 Å². The average Bonchev–Trinajstić information content (AvgIpc) is 2.98. The number of hydrogen-bond donors (Lipinski definition) is 0. The Balaban J connectivity index is 1.75. The number of carbonyl (C=O) groups excluding carboxylic acids is 3. The predicted molar refractivity (Wildman–Crippen MR) is 115 cm³/mol. The third kappa shape index (κ3) is 3.82. The Labute approximate surface area is 189 Å². The molecule has 5 nitrogen and oxygen atoms in total. The molecule has 1 aliphatic heterocycles. The molecule has 2 atom stereocenters. The Morgan fingerprint density at radius 2 is 1.57 bits per heavy atom. The number of imide groups is 1. The van der Waals surface area contributed by atoms with Crippen molar-refractivity contribution in [2.75, 3.05) is 0 Å². The number of fused-ring (bicyclic) bond motifs is 1. The average molecular weight is 466 g/mol. The van der Waals surface area contributed by atoms with E-state index in [0.717, 1.165) is 17.9 Å². The first kappa shape index (κ1) is 21.2. The molecule has 0 bridgehead atoms. The molecule has 0 unspecified atom stereocenters. The largest absolute Gasteiger partial charge is 0.274 e. The van der Waals surface area contributed by atoms with Crippen LogP contribution in [-0.4, -0.2) is 27.7 Å². The fourth-order valence-electron chi connectivity index (χ4n) is 4.20. The zero-order chi connectivity index (χ0) is 21.4. The van der Waals surface area contributed by atoms with Crippen LogP contribution >= 0.6 is 34.8 Å². The molecule has 0 spiro atoms. The maximum Gasteiger partial charge on any atom is 0.274 e. The summed E-state index contributed by atoms with van der Waals surface area (Å²) in [5, 5.41) is 3.21. The van der Waals surface area contributed by atoms with Crippen LogP contribution in [0.25, 0.3) is 0 Å². The van der Waals surface area contributed by atoms with Crippen molar-refractivity contribution in [2.45, 2.75) is 32.2 Å². The summed E-state index contributed by atoms with van der Waals surface area (Å²) in [6.45, 7) is -0.0586. The van der Waals surface area contributed by atoms with Crippen LogP contribution < -0.4 is 0 Å². The summed E-state index contributed by atoms with van der Waals surface area (Å²) >= 11 is 18.5. The quantitative estimate of drug-likeness (QED) is 0.570. The molecule has 3 amide bonds. The summed E-state index contributed by atoms with van der Waals surface area (Å²) in [4.78, 5) is 39.8. The molecule has 0 N–H and O–H groups in total. The second-order valence-electron chi connectivity index (χ2n) is 7.56. The highest BCUT2D eigenvalue weighted by Gasteiger charge is 2.51. The summed E-state index contributed by atoms with van der Waals surface area (Å²) in [5.41, 5.74) is 0.775. The highest BCUT2D eigenvalue weighted by atomic mass is 35.5. The van der Waals surface area contributed by atoms with E-state index in [4.69, 9.17) is 34.8 Å². The highest BCUT2D eigenvalue weighted by molar-refractivity contribution is 6.35. The summed E-state index contributed by atoms with van der Waals surface area (Å²) in [6, 6.07) is 11.4. The van der Waals surface area contributed by atoms with Crippen LogP contribution in [0.15, 0.2) is 42.5 Å². The lowest BCUT2D eigenvalue weighted by Gasteiger charge is -2.31. The molecule has 2 fully saturated rings. The molecule has 156 valence electrons. The fourth-order valence-corrected chi connectivity index (χ4v) is 4.89. The van der Waals surface area contributed by atoms with Gasteiger partial charge in [0.2, 0.25) is 0 Å². The van der Waals surface area contributed by atoms with Gasteiger partial charge in [0.1, 0.15) is 0 Å². The van der Waals surface area contributed by atoms with E-state index in [1.165, 1.54) is 5.01 Å². The van der Waals surface area contributed by atoms with E-state index in [9.17, 15) is 14.4 Å². The van der Waals surface area contributed by atoms with Crippen molar-refractivity contribution < 1.29 is 14.4 Å². The third-order valence-electron chi connectivity index (χ3n) is 5.73. The molecule has 1 saturated heterocycles. The monoisotopic (exact) mass is 464 g/mol. The standard InChI is InChI=1S/C22H19Cl3N2O3/c23-14-10-9-13(19(25)11-14)12-26(20(28)17-7-3-4-8-18(17)24)27-21(29)15-5-1-2-6-16(15)22(27)30/h3-4,7-11,15-16H,1-2,5-6,12H2/t15-,16-/m1/s1. The highest BCUT2D eigenvalue weighted by Crippen LogP contribution is 2.39. The van der Waals surface area contributed by atoms with Crippen molar-refractivity contribution in [3.63, 3.8) is 0 Å². The van der Waals surface area contributed by atoms with Crippen LogP contribution in [0.3, 0.4) is 0 Å². The first-order valence-electron chi connectivity index (χ1n) is 9.76. The van der Waals surface area contributed by atoms with Gasteiger partial charge in [0.05, 0.1) is 29.0 Å². The number of hydrogen-bond acceptors (Lipinski definition) is 3. The first-order chi connectivity index (χ1) is 14.4. The van der Waals surface area contributed by atoms with Gasteiger partial charge in [-0.05, 0) is 42.7 Å². The zero-order valence-corrected chi connectivity index (χ0v) is 18.3. The number of carbonyl (C=O) groups is 3. The number of nitrogens with zero attached hydrogens (tertiary/aromatic N) is 2. The Hall–Kier alpha value is -2.08. The van der Waals surface area contributed by atoms with Crippen molar-refractivity contribution in [3.8, 4) is 0 Å². The number of rotatable bonds is 4. The van der Waals surface area contributed by atoms with Crippen LogP contribution in [0.2, 0.25) is 15.1 Å². The molecule has 2 aliphatic rings. The van der Waals surface area contributed by atoms with Crippen LogP contribution in [0, 0.1) is 11.8 Å². The minimum absolute atomic E-state index is 0.0586. The van der Waals surface area contributed by atoms with Gasteiger partial charge in [0.15, 0.2) is 0 Å². The van der Waals surface area contributed by atoms with Crippen molar-refractivity contribution in [1.82, 2.24) is 10.0 Å². The number of hydrazine groups is 1. The van der Waals surface area contributed by atoms with Gasteiger partial charge in [-0.25, -0.2) is 5.01 Å². The molecule has 0 aromatic heterocycles. The van der Waals surface area contributed by atoms with E-state index >= 15 is 0 Å². The molecule has 2 aromatic carbocycles. The van der Waals surface area contributed by atoms with Crippen LogP contribution in [0.5, 0.6) is 0 Å². The Kier molecular flexibility index (Phi) is 6.05. The lowest BCUT2D eigenvalue weighted by molar-refractivity contribution is -0.155. The zero-order valence-electron chi connectivity index (χ0n) is 16.0. The third-order valence-corrected chi connectivity index (χ3v) is 6.65. The lowest BCUT2D eigenvalue weighted by atomic mass is 9.81. The number of halogens is 3. The molecule has 1 heterocycles. The summed E-state index contributed by atoms with van der Waals surface area (Å²) in [6.07, 6.45) is 3.11. The molecule has 1 saturated carbocycles. The number of benzene rings is 2. The van der Waals surface area contributed by atoms with E-state index in [2.05, 4.69) is 0 Å². The van der Waals surface area contributed by atoms with Crippen molar-refractivity contribution in [3.05, 3.63) is 68.7 Å². The lowest BCUT2D eigenvalue weighted by Crippen LogP contribution is -2.49. The van der Waals surface area contributed by atoms with Gasteiger partial charge < -0.3 is 0 Å². The molecular weight excluding hydrogens is 447 g/mol. The van der Waals surface area contributed by atoms with Gasteiger partial charge in [0, 0.05) is 10.0 Å². The van der Waals surface area contributed by atoms with Gasteiger partial charge in [-0.3, -0.25) is 14.4 Å². The molecule has 2 aromatic rings. The minimum atomic E-state index is -0.535. The number of amides is 3. The normalized spacial score (nSPS) is 21.0. The Bertz CT molecular complexity index is 1000. The van der Waals surface area contributed by atoms with E-state index in [1.807, 2.05) is 0 Å². The van der Waals surface area contributed by atoms with Crippen LogP contribution in [0.1, 0.15) is 41.6 Å². The second-order valence-corrected chi connectivity index (χ2v) is 8.81. The van der Waals surface area contributed by atoms with Crippen molar-refractivity contribution in [1.29, 1.82) is 0 Å². The second kappa shape index (κ2) is 8.58. The first-order valence-corrected chi connectivity index (χ1v) is 10.9. The van der Waals surface area contributed by atoms with Crippen molar-refractivity contribution in [2.24, 2.45) is 11.8 Å². The molecule has 4 rings (SSSR count). The van der Waals surface area contributed by atoms with E-state index in [1.54, 1.807) is 42.5 Å². The molecule has 8 heteroatoms. The van der Waals surface area contributed by atoms with Gasteiger partial charge in [-0.1, -0.05) is 65.8 Å². The predicted octanol–water partition coefficient (Wildman–Crippen LogP) is 5.38. The van der Waals surface area contributed by atoms with E-state index in [0.29, 0.717) is 28.5 Å². The van der Waals surface area contributed by atoms with Gasteiger partial charge in [0.25, 0.3) is 17.7 Å². The molecular formula is C22H19Cl3N2O3. The topological polar surface area (TPSA) is 57.7 Å². The summed E-state index contributed by atoms with van der Waals surface area (Å²) in [7, 11) is 0. The fraction of sp³-hybridized carbons (Fsp3) is 0.318. The van der Waals surface area contributed by atoms with E-state index < -0.39 is 5.91 Å². The van der Waals surface area contributed by atoms with Crippen LogP contribution in [0.4, 0.5) is 0 Å². The Morgan fingerprint density at radius 1 is 0.933 bits per heavy atom. The smallest absolute Gasteiger partial charge is 0.272 e. The van der Waals surface area contributed by atoms with E-state index in [-0.39, 0.29) is 40.8 Å². The SMILES string of the molecule is O=C(c1ccccc1Cl)N(Cc1ccc(Cl)cc1Cl)N1C(=O)[C@@H]2CCCC[C@H]2C1=O. The minimum Gasteiger partial charge on any atom is -0.272 e. The van der Waals surface area contributed by atoms with Gasteiger partial charge >= 0.3 is 0 Å². The molecule has 0 radical (unpaired) electrons. The molecule has 1 aliphatic carbocycles. The summed E-state index contributed by atoms with van der Waals surface area (Å²) < 4.78 is 0. The van der Waals surface area contributed by atoms with Crippen molar-refractivity contribution >= 4 is 52.5 Å². The van der Waals surface area contributed by atoms with Crippen LogP contribution in [-0.2, 0) is 16.1 Å². The van der Waals surface area contributed by atoms with Gasteiger partial charge in [-0.2, -0.15) is 5.01 Å². The maximum atomic E-state index is 13.5. The molecule has 30 heavy (non-hydrogen) atoms. The maximum absolute atomic E-state index is 13.5. The Morgan fingerprint density at radius 3 is 2.17 bits per heavy atom.